The standard InChI is InChI=1S/C16H22N2O/c1-11-8-9-12-6-5-7-13(15(12)18-11)14(19)10-17-16(2,3)4/h5-9,14,17,19H,10H2,1-4H3/t14-/m1/s1. The zero-order valence-electron chi connectivity index (χ0n) is 12.1. The SMILES string of the molecule is Cc1ccc2cccc([C@H](O)CNC(C)(C)C)c2n1. The number of aromatic nitrogens is 1. The summed E-state index contributed by atoms with van der Waals surface area (Å²) in [6.07, 6.45) is -0.544. The Morgan fingerprint density at radius 2 is 1.95 bits per heavy atom. The molecular formula is C16H22N2O. The first-order valence-corrected chi connectivity index (χ1v) is 6.66. The molecule has 0 radical (unpaired) electrons. The van der Waals surface area contributed by atoms with Gasteiger partial charge in [0.05, 0.1) is 11.6 Å². The van der Waals surface area contributed by atoms with E-state index in [-0.39, 0.29) is 5.54 Å². The quantitative estimate of drug-likeness (QED) is 0.889. The normalized spacial score (nSPS) is 13.7. The van der Waals surface area contributed by atoms with Gasteiger partial charge in [-0.15, -0.1) is 0 Å². The molecule has 0 saturated heterocycles. The topological polar surface area (TPSA) is 45.1 Å². The van der Waals surface area contributed by atoms with Crippen molar-refractivity contribution in [2.75, 3.05) is 6.54 Å². The van der Waals surface area contributed by atoms with Crippen molar-refractivity contribution in [2.45, 2.75) is 39.3 Å². The third-order valence-corrected chi connectivity index (χ3v) is 3.08. The van der Waals surface area contributed by atoms with Crippen molar-refractivity contribution in [3.8, 4) is 0 Å². The number of rotatable bonds is 3. The van der Waals surface area contributed by atoms with Crippen molar-refractivity contribution in [2.24, 2.45) is 0 Å². The van der Waals surface area contributed by atoms with Crippen molar-refractivity contribution in [3.63, 3.8) is 0 Å². The molecule has 0 unspecified atom stereocenters. The zero-order chi connectivity index (χ0) is 14.0. The molecule has 0 amide bonds. The van der Waals surface area contributed by atoms with Crippen LogP contribution in [-0.2, 0) is 0 Å². The number of nitrogens with zero attached hydrogens (tertiary/aromatic N) is 1. The number of β-amino-alcohol motifs (C(OH)–C–C–N with tert-alkyl or cyclic N) is 1. The van der Waals surface area contributed by atoms with Crippen LogP contribution in [0.3, 0.4) is 0 Å². The van der Waals surface area contributed by atoms with Crippen LogP contribution in [0.2, 0.25) is 0 Å². The van der Waals surface area contributed by atoms with E-state index in [9.17, 15) is 5.11 Å². The van der Waals surface area contributed by atoms with Gasteiger partial charge < -0.3 is 10.4 Å². The van der Waals surface area contributed by atoms with Crippen molar-refractivity contribution < 1.29 is 5.11 Å². The number of benzene rings is 1. The maximum absolute atomic E-state index is 10.4. The molecule has 0 spiro atoms. The molecule has 0 aliphatic heterocycles. The summed E-state index contributed by atoms with van der Waals surface area (Å²) in [7, 11) is 0. The van der Waals surface area contributed by atoms with Crippen LogP contribution in [0.25, 0.3) is 10.9 Å². The van der Waals surface area contributed by atoms with Crippen LogP contribution in [0.1, 0.15) is 38.1 Å². The Labute approximate surface area is 114 Å². The minimum atomic E-state index is -0.544. The van der Waals surface area contributed by atoms with E-state index in [4.69, 9.17) is 0 Å². The average molecular weight is 258 g/mol. The fourth-order valence-corrected chi connectivity index (χ4v) is 2.05. The van der Waals surface area contributed by atoms with E-state index in [1.165, 1.54) is 0 Å². The molecule has 1 atom stereocenters. The average Bonchev–Trinajstić information content (AvgIpc) is 2.34. The van der Waals surface area contributed by atoms with Crippen LogP contribution in [0.15, 0.2) is 30.3 Å². The molecule has 2 N–H and O–H groups in total. The summed E-state index contributed by atoms with van der Waals surface area (Å²) >= 11 is 0. The highest BCUT2D eigenvalue weighted by Gasteiger charge is 2.16. The zero-order valence-corrected chi connectivity index (χ0v) is 12.1. The molecule has 0 fully saturated rings. The van der Waals surface area contributed by atoms with Gasteiger partial charge in [0.1, 0.15) is 0 Å². The van der Waals surface area contributed by atoms with E-state index in [1.807, 2.05) is 37.3 Å². The van der Waals surface area contributed by atoms with Gasteiger partial charge in [-0.3, -0.25) is 4.98 Å². The van der Waals surface area contributed by atoms with Gasteiger partial charge in [0.15, 0.2) is 0 Å². The second-order valence-electron chi connectivity index (χ2n) is 6.02. The first-order valence-electron chi connectivity index (χ1n) is 6.66. The van der Waals surface area contributed by atoms with E-state index in [0.29, 0.717) is 6.54 Å². The van der Waals surface area contributed by atoms with Crippen molar-refractivity contribution in [1.82, 2.24) is 10.3 Å². The molecule has 3 nitrogen and oxygen atoms in total. The number of hydrogen-bond acceptors (Lipinski definition) is 3. The van der Waals surface area contributed by atoms with Crippen molar-refractivity contribution in [3.05, 3.63) is 41.6 Å². The maximum atomic E-state index is 10.4. The molecule has 2 aromatic rings. The first kappa shape index (κ1) is 14.0. The monoisotopic (exact) mass is 258 g/mol. The molecule has 1 heterocycles. The van der Waals surface area contributed by atoms with Gasteiger partial charge in [0.2, 0.25) is 0 Å². The Morgan fingerprint density at radius 3 is 2.63 bits per heavy atom. The second-order valence-corrected chi connectivity index (χ2v) is 6.02. The van der Waals surface area contributed by atoms with Gasteiger partial charge in [-0.05, 0) is 33.8 Å². The van der Waals surface area contributed by atoms with Gasteiger partial charge in [0, 0.05) is 28.7 Å². The molecule has 0 aliphatic rings. The number of para-hydroxylation sites is 1. The van der Waals surface area contributed by atoms with E-state index in [0.717, 1.165) is 22.2 Å². The third kappa shape index (κ3) is 3.52. The molecule has 3 heteroatoms. The Bertz CT molecular complexity index is 572. The molecule has 2 rings (SSSR count). The van der Waals surface area contributed by atoms with E-state index < -0.39 is 6.10 Å². The van der Waals surface area contributed by atoms with E-state index >= 15 is 0 Å². The second kappa shape index (κ2) is 5.27. The van der Waals surface area contributed by atoms with Crippen LogP contribution in [-0.4, -0.2) is 22.2 Å². The smallest absolute Gasteiger partial charge is 0.0935 e. The number of aryl methyl sites for hydroxylation is 1. The number of aliphatic hydroxyl groups excluding tert-OH is 1. The summed E-state index contributed by atoms with van der Waals surface area (Å²) in [6, 6.07) is 9.98. The maximum Gasteiger partial charge on any atom is 0.0935 e. The van der Waals surface area contributed by atoms with Crippen LogP contribution < -0.4 is 5.32 Å². The van der Waals surface area contributed by atoms with Crippen LogP contribution >= 0.6 is 0 Å². The number of fused-ring (bicyclic) bond motifs is 1. The Kier molecular flexibility index (Phi) is 3.88. The summed E-state index contributed by atoms with van der Waals surface area (Å²) in [5.41, 5.74) is 2.74. The largest absolute Gasteiger partial charge is 0.387 e. The molecule has 1 aromatic heterocycles. The number of pyridine rings is 1. The van der Waals surface area contributed by atoms with Gasteiger partial charge in [-0.25, -0.2) is 0 Å². The molecule has 0 aliphatic carbocycles. The van der Waals surface area contributed by atoms with Crippen LogP contribution in [0.5, 0.6) is 0 Å². The molecule has 0 bridgehead atoms. The minimum absolute atomic E-state index is 0.00505. The summed E-state index contributed by atoms with van der Waals surface area (Å²) in [5.74, 6) is 0. The van der Waals surface area contributed by atoms with E-state index in [1.54, 1.807) is 0 Å². The lowest BCUT2D eigenvalue weighted by atomic mass is 10.0. The highest BCUT2D eigenvalue weighted by atomic mass is 16.3. The van der Waals surface area contributed by atoms with E-state index in [2.05, 4.69) is 31.1 Å². The summed E-state index contributed by atoms with van der Waals surface area (Å²) in [5, 5.41) is 14.8. The minimum Gasteiger partial charge on any atom is -0.387 e. The Hall–Kier alpha value is -1.45. The lowest BCUT2D eigenvalue weighted by Crippen LogP contribution is -2.38. The Balaban J connectivity index is 2.31. The lowest BCUT2D eigenvalue weighted by Gasteiger charge is -2.23. The number of hydrogen-bond donors (Lipinski definition) is 2. The van der Waals surface area contributed by atoms with Crippen LogP contribution in [0.4, 0.5) is 0 Å². The van der Waals surface area contributed by atoms with Gasteiger partial charge in [0.25, 0.3) is 0 Å². The third-order valence-electron chi connectivity index (χ3n) is 3.08. The van der Waals surface area contributed by atoms with Gasteiger partial charge >= 0.3 is 0 Å². The van der Waals surface area contributed by atoms with Gasteiger partial charge in [-0.2, -0.15) is 0 Å². The predicted octanol–water partition coefficient (Wildman–Crippen LogP) is 2.96. The first-order chi connectivity index (χ1) is 8.87. The fraction of sp³-hybridized carbons (Fsp3) is 0.438. The van der Waals surface area contributed by atoms with Crippen molar-refractivity contribution >= 4 is 10.9 Å². The molecule has 102 valence electrons. The lowest BCUT2D eigenvalue weighted by molar-refractivity contribution is 0.164. The highest BCUT2D eigenvalue weighted by Crippen LogP contribution is 2.23. The predicted molar refractivity (Wildman–Crippen MR) is 79.2 cm³/mol. The molecule has 0 saturated carbocycles. The molecular weight excluding hydrogens is 236 g/mol. The number of nitrogens with one attached hydrogen (secondary N) is 1. The highest BCUT2D eigenvalue weighted by molar-refractivity contribution is 5.82. The van der Waals surface area contributed by atoms with Crippen LogP contribution in [0, 0.1) is 6.92 Å². The molecule has 1 aromatic carbocycles. The Morgan fingerprint density at radius 1 is 1.21 bits per heavy atom. The number of aliphatic hydroxyl groups is 1. The summed E-state index contributed by atoms with van der Waals surface area (Å²) in [4.78, 5) is 4.55. The summed E-state index contributed by atoms with van der Waals surface area (Å²) < 4.78 is 0. The summed E-state index contributed by atoms with van der Waals surface area (Å²) in [6.45, 7) is 8.76. The van der Waals surface area contributed by atoms with Gasteiger partial charge in [-0.1, -0.05) is 24.3 Å². The van der Waals surface area contributed by atoms with Crippen molar-refractivity contribution in [1.29, 1.82) is 0 Å². The molecule has 19 heavy (non-hydrogen) atoms. The fourth-order valence-electron chi connectivity index (χ4n) is 2.05.